The molecule has 3 nitrogen and oxygen atoms in total. The van der Waals surface area contributed by atoms with Crippen LogP contribution in [0, 0.1) is 3.57 Å². The molecule has 0 radical (unpaired) electrons. The van der Waals surface area contributed by atoms with Crippen LogP contribution in [-0.4, -0.2) is 12.0 Å². The maximum Gasteiger partial charge on any atom is 0.259 e. The minimum atomic E-state index is -0.164. The van der Waals surface area contributed by atoms with E-state index in [2.05, 4.69) is 27.9 Å². The van der Waals surface area contributed by atoms with Crippen molar-refractivity contribution in [3.63, 3.8) is 0 Å². The van der Waals surface area contributed by atoms with E-state index in [4.69, 9.17) is 4.74 Å². The van der Waals surface area contributed by atoms with Crippen LogP contribution in [0.25, 0.3) is 0 Å². The number of hydrogen-bond acceptors (Lipinski definition) is 2. The van der Waals surface area contributed by atoms with Crippen LogP contribution in [0.2, 0.25) is 0 Å². The van der Waals surface area contributed by atoms with Gasteiger partial charge in [-0.1, -0.05) is 12.1 Å². The second kappa shape index (κ2) is 6.74. The van der Waals surface area contributed by atoms with E-state index in [0.29, 0.717) is 11.3 Å². The summed E-state index contributed by atoms with van der Waals surface area (Å²) < 4.78 is 6.79. The number of carbonyl (C=O) groups is 1. The Morgan fingerprint density at radius 1 is 1.10 bits per heavy atom. The lowest BCUT2D eigenvalue weighted by molar-refractivity contribution is 0.102. The summed E-state index contributed by atoms with van der Waals surface area (Å²) in [6, 6.07) is 14.9. The quantitative estimate of drug-likeness (QED) is 0.801. The summed E-state index contributed by atoms with van der Waals surface area (Å²) in [5.41, 5.74) is 1.31. The van der Waals surface area contributed by atoms with Crippen LogP contribution in [0.3, 0.4) is 0 Å². The molecule has 2 aromatic carbocycles. The van der Waals surface area contributed by atoms with Crippen LogP contribution in [0.15, 0.2) is 48.5 Å². The molecule has 0 unspecified atom stereocenters. The summed E-state index contributed by atoms with van der Waals surface area (Å²) in [5.74, 6) is 0.438. The van der Waals surface area contributed by atoms with Crippen LogP contribution in [0.5, 0.6) is 5.75 Å². The summed E-state index contributed by atoms with van der Waals surface area (Å²) in [5, 5.41) is 2.88. The first-order valence-corrected chi connectivity index (χ1v) is 7.47. The maximum absolute atomic E-state index is 12.3. The Balaban J connectivity index is 2.18. The van der Waals surface area contributed by atoms with Crippen molar-refractivity contribution in [1.29, 1.82) is 0 Å². The van der Waals surface area contributed by atoms with Gasteiger partial charge in [0.15, 0.2) is 0 Å². The number of rotatable bonds is 4. The van der Waals surface area contributed by atoms with Crippen molar-refractivity contribution in [3.05, 3.63) is 57.7 Å². The van der Waals surface area contributed by atoms with Gasteiger partial charge in [-0.3, -0.25) is 4.79 Å². The second-order valence-corrected chi connectivity index (χ2v) is 5.87. The summed E-state index contributed by atoms with van der Waals surface area (Å²) in [6.45, 7) is 3.88. The molecule has 0 fully saturated rings. The number of nitrogens with one attached hydrogen (secondary N) is 1. The van der Waals surface area contributed by atoms with Crippen LogP contribution < -0.4 is 10.1 Å². The average molecular weight is 381 g/mol. The van der Waals surface area contributed by atoms with Crippen molar-refractivity contribution < 1.29 is 9.53 Å². The topological polar surface area (TPSA) is 38.3 Å². The number of amides is 1. The van der Waals surface area contributed by atoms with Crippen molar-refractivity contribution in [2.24, 2.45) is 0 Å². The lowest BCUT2D eigenvalue weighted by Crippen LogP contribution is -2.15. The zero-order chi connectivity index (χ0) is 14.5. The molecule has 0 bridgehead atoms. The molecule has 104 valence electrons. The van der Waals surface area contributed by atoms with E-state index in [0.717, 1.165) is 9.26 Å². The fourth-order valence-electron chi connectivity index (χ4n) is 1.74. The first kappa shape index (κ1) is 14.8. The molecule has 0 aliphatic carbocycles. The van der Waals surface area contributed by atoms with E-state index in [-0.39, 0.29) is 12.0 Å². The van der Waals surface area contributed by atoms with Gasteiger partial charge in [0.25, 0.3) is 5.91 Å². The van der Waals surface area contributed by atoms with Crippen LogP contribution >= 0.6 is 22.6 Å². The zero-order valence-corrected chi connectivity index (χ0v) is 13.5. The number of ether oxygens (including phenoxy) is 1. The van der Waals surface area contributed by atoms with Crippen LogP contribution in [-0.2, 0) is 0 Å². The van der Waals surface area contributed by atoms with E-state index in [1.165, 1.54) is 0 Å². The molecule has 0 saturated heterocycles. The van der Waals surface area contributed by atoms with Gasteiger partial charge in [-0.15, -0.1) is 0 Å². The summed E-state index contributed by atoms with van der Waals surface area (Å²) in [7, 11) is 0. The van der Waals surface area contributed by atoms with E-state index in [1.807, 2.05) is 56.3 Å². The summed E-state index contributed by atoms with van der Waals surface area (Å²) in [4.78, 5) is 12.3. The van der Waals surface area contributed by atoms with Crippen molar-refractivity contribution in [2.45, 2.75) is 20.0 Å². The molecular weight excluding hydrogens is 365 g/mol. The molecule has 1 N–H and O–H groups in total. The minimum absolute atomic E-state index is 0.0299. The molecule has 1 amide bonds. The molecule has 0 aliphatic heterocycles. The van der Waals surface area contributed by atoms with Crippen molar-refractivity contribution in [2.75, 3.05) is 5.32 Å². The highest BCUT2D eigenvalue weighted by atomic mass is 127. The molecule has 0 aromatic heterocycles. The fraction of sp³-hybridized carbons (Fsp3) is 0.188. The third-order valence-electron chi connectivity index (χ3n) is 2.60. The Kier molecular flexibility index (Phi) is 5.00. The highest BCUT2D eigenvalue weighted by Crippen LogP contribution is 2.21. The Hall–Kier alpha value is -1.56. The van der Waals surface area contributed by atoms with E-state index >= 15 is 0 Å². The molecule has 0 spiro atoms. The fourth-order valence-corrected chi connectivity index (χ4v) is 2.10. The Labute approximate surface area is 132 Å². The molecule has 2 rings (SSSR count). The van der Waals surface area contributed by atoms with E-state index in [9.17, 15) is 4.79 Å². The molecule has 0 aliphatic rings. The molecule has 4 heteroatoms. The first-order chi connectivity index (χ1) is 9.56. The lowest BCUT2D eigenvalue weighted by atomic mass is 10.2. The molecule has 2 aromatic rings. The van der Waals surface area contributed by atoms with Gasteiger partial charge in [-0.25, -0.2) is 0 Å². The van der Waals surface area contributed by atoms with Gasteiger partial charge in [0.1, 0.15) is 5.75 Å². The predicted octanol–water partition coefficient (Wildman–Crippen LogP) is 4.33. The number of halogens is 1. The molecule has 0 saturated carbocycles. The van der Waals surface area contributed by atoms with Gasteiger partial charge in [0.05, 0.1) is 11.7 Å². The van der Waals surface area contributed by atoms with Gasteiger partial charge in [0.2, 0.25) is 0 Å². The Morgan fingerprint density at radius 2 is 1.75 bits per heavy atom. The number of carbonyl (C=O) groups excluding carboxylic acids is 1. The van der Waals surface area contributed by atoms with Gasteiger partial charge >= 0.3 is 0 Å². The average Bonchev–Trinajstić information content (AvgIpc) is 2.41. The van der Waals surface area contributed by atoms with Crippen molar-refractivity contribution >= 4 is 34.2 Å². The standard InChI is InChI=1S/C16H16INO2/c1-11(2)20-15-6-4-3-5-14(15)16(19)18-13-9-7-12(17)8-10-13/h3-11H,1-2H3,(H,18,19). The number of benzene rings is 2. The Morgan fingerprint density at radius 3 is 2.40 bits per heavy atom. The highest BCUT2D eigenvalue weighted by Gasteiger charge is 2.13. The van der Waals surface area contributed by atoms with Crippen molar-refractivity contribution in [3.8, 4) is 5.75 Å². The SMILES string of the molecule is CC(C)Oc1ccccc1C(=O)Nc1ccc(I)cc1. The minimum Gasteiger partial charge on any atom is -0.490 e. The van der Waals surface area contributed by atoms with Crippen LogP contribution in [0.1, 0.15) is 24.2 Å². The third-order valence-corrected chi connectivity index (χ3v) is 3.32. The van der Waals surface area contributed by atoms with Crippen molar-refractivity contribution in [1.82, 2.24) is 0 Å². The molecular formula is C16H16INO2. The van der Waals surface area contributed by atoms with E-state index in [1.54, 1.807) is 6.07 Å². The van der Waals surface area contributed by atoms with Gasteiger partial charge in [0, 0.05) is 9.26 Å². The lowest BCUT2D eigenvalue weighted by Gasteiger charge is -2.14. The van der Waals surface area contributed by atoms with Gasteiger partial charge in [-0.2, -0.15) is 0 Å². The first-order valence-electron chi connectivity index (χ1n) is 6.39. The maximum atomic E-state index is 12.3. The molecule has 0 atom stereocenters. The Bertz CT molecular complexity index is 594. The number of hydrogen-bond donors (Lipinski definition) is 1. The number of para-hydroxylation sites is 1. The number of anilines is 1. The molecule has 0 heterocycles. The smallest absolute Gasteiger partial charge is 0.259 e. The third kappa shape index (κ3) is 3.96. The highest BCUT2D eigenvalue weighted by molar-refractivity contribution is 14.1. The van der Waals surface area contributed by atoms with E-state index < -0.39 is 0 Å². The predicted molar refractivity (Wildman–Crippen MR) is 89.3 cm³/mol. The normalized spacial score (nSPS) is 10.4. The summed E-state index contributed by atoms with van der Waals surface area (Å²) >= 11 is 2.23. The summed E-state index contributed by atoms with van der Waals surface area (Å²) in [6.07, 6.45) is 0.0299. The van der Waals surface area contributed by atoms with Crippen LogP contribution in [0.4, 0.5) is 5.69 Å². The monoisotopic (exact) mass is 381 g/mol. The molecule has 20 heavy (non-hydrogen) atoms. The largest absolute Gasteiger partial charge is 0.490 e. The second-order valence-electron chi connectivity index (χ2n) is 4.62. The zero-order valence-electron chi connectivity index (χ0n) is 11.4. The van der Waals surface area contributed by atoms with Gasteiger partial charge in [-0.05, 0) is 72.8 Å². The van der Waals surface area contributed by atoms with Gasteiger partial charge < -0.3 is 10.1 Å².